The van der Waals surface area contributed by atoms with Gasteiger partial charge in [-0.15, -0.1) is 0 Å². The molecule has 0 bridgehead atoms. The first-order valence-corrected chi connectivity index (χ1v) is 10.4. The molecule has 1 aliphatic rings. The molecule has 2 aromatic carbocycles. The number of carbonyl (C=O) groups is 2. The number of rotatable bonds is 6. The van der Waals surface area contributed by atoms with E-state index in [-0.39, 0.29) is 11.8 Å². The fraction of sp³-hybridized carbons (Fsp3) is 0.417. The first kappa shape index (κ1) is 20.9. The van der Waals surface area contributed by atoms with Gasteiger partial charge in [0.1, 0.15) is 0 Å². The summed E-state index contributed by atoms with van der Waals surface area (Å²) in [4.78, 5) is 28.6. The highest BCUT2D eigenvalue weighted by Gasteiger charge is 2.17. The maximum atomic E-state index is 12.3. The molecule has 0 spiro atoms. The van der Waals surface area contributed by atoms with E-state index in [1.54, 1.807) is 17.9 Å². The fourth-order valence-electron chi connectivity index (χ4n) is 3.75. The van der Waals surface area contributed by atoms with Crippen LogP contribution in [-0.4, -0.2) is 38.0 Å². The minimum absolute atomic E-state index is 0.0330. The largest absolute Gasteiger partial charge is 0.372 e. The number of nitrogens with zero attached hydrogens (tertiary/aromatic N) is 2. The maximum Gasteiger partial charge on any atom is 0.251 e. The molecular weight excluding hydrogens is 362 g/mol. The van der Waals surface area contributed by atoms with E-state index in [0.717, 1.165) is 30.3 Å². The molecule has 2 amide bonds. The topological polar surface area (TPSA) is 52.7 Å². The molecule has 1 aliphatic heterocycles. The van der Waals surface area contributed by atoms with Crippen LogP contribution in [0.2, 0.25) is 0 Å². The molecule has 29 heavy (non-hydrogen) atoms. The van der Waals surface area contributed by atoms with Crippen LogP contribution in [0.5, 0.6) is 0 Å². The van der Waals surface area contributed by atoms with Crippen LogP contribution in [-0.2, 0) is 4.79 Å². The molecule has 0 aliphatic carbocycles. The molecule has 0 atom stereocenters. The van der Waals surface area contributed by atoms with Crippen molar-refractivity contribution >= 4 is 23.2 Å². The summed E-state index contributed by atoms with van der Waals surface area (Å²) >= 11 is 0. The van der Waals surface area contributed by atoms with E-state index in [0.29, 0.717) is 18.7 Å². The number of benzene rings is 2. The quantitative estimate of drug-likeness (QED) is 0.807. The average Bonchev–Trinajstić information content (AvgIpc) is 2.71. The molecule has 0 unspecified atom stereocenters. The van der Waals surface area contributed by atoms with Crippen LogP contribution in [0, 0.1) is 12.8 Å². The summed E-state index contributed by atoms with van der Waals surface area (Å²) < 4.78 is 0. The van der Waals surface area contributed by atoms with Crippen molar-refractivity contribution in [2.24, 2.45) is 5.92 Å². The Hall–Kier alpha value is -2.82. The molecule has 0 radical (unpaired) electrons. The highest BCUT2D eigenvalue weighted by Crippen LogP contribution is 2.25. The van der Waals surface area contributed by atoms with Crippen LogP contribution in [0.4, 0.5) is 11.4 Å². The monoisotopic (exact) mass is 393 g/mol. The number of carbonyl (C=O) groups excluding carboxylic acids is 2. The molecule has 154 valence electrons. The fourth-order valence-corrected chi connectivity index (χ4v) is 3.75. The van der Waals surface area contributed by atoms with Crippen LogP contribution in [0.15, 0.2) is 48.5 Å². The van der Waals surface area contributed by atoms with Gasteiger partial charge in [-0.3, -0.25) is 9.59 Å². The van der Waals surface area contributed by atoms with Gasteiger partial charge < -0.3 is 15.1 Å². The van der Waals surface area contributed by atoms with Crippen molar-refractivity contribution in [2.45, 2.75) is 33.6 Å². The van der Waals surface area contributed by atoms with Gasteiger partial charge in [0, 0.05) is 50.0 Å². The Morgan fingerprint density at radius 1 is 1.10 bits per heavy atom. The second-order valence-corrected chi connectivity index (χ2v) is 7.98. The lowest BCUT2D eigenvalue weighted by Crippen LogP contribution is -2.37. The van der Waals surface area contributed by atoms with Crippen molar-refractivity contribution in [3.63, 3.8) is 0 Å². The van der Waals surface area contributed by atoms with E-state index in [2.05, 4.69) is 29.3 Å². The zero-order valence-electron chi connectivity index (χ0n) is 17.6. The third-order valence-electron chi connectivity index (χ3n) is 5.59. The zero-order valence-corrected chi connectivity index (χ0v) is 17.6. The molecule has 2 aromatic rings. The highest BCUT2D eigenvalue weighted by atomic mass is 16.2. The molecule has 1 saturated heterocycles. The Labute approximate surface area is 173 Å². The van der Waals surface area contributed by atoms with Crippen LogP contribution < -0.4 is 15.1 Å². The number of piperidine rings is 1. The van der Waals surface area contributed by atoms with Crippen molar-refractivity contribution in [1.82, 2.24) is 5.32 Å². The Balaban J connectivity index is 1.58. The molecule has 1 heterocycles. The van der Waals surface area contributed by atoms with E-state index >= 15 is 0 Å². The smallest absolute Gasteiger partial charge is 0.251 e. The standard InChI is InChI=1S/C24H31N3O2/c1-18-11-14-26(15-12-18)22-7-9-23(10-8-22)27(20(3)28)16-13-25-24(29)21-6-4-5-19(2)17-21/h4-10,17-18H,11-16H2,1-3H3,(H,25,29). The lowest BCUT2D eigenvalue weighted by molar-refractivity contribution is -0.116. The highest BCUT2D eigenvalue weighted by molar-refractivity contribution is 5.95. The molecule has 0 saturated carbocycles. The third kappa shape index (κ3) is 5.59. The average molecular weight is 394 g/mol. The number of hydrogen-bond acceptors (Lipinski definition) is 3. The lowest BCUT2D eigenvalue weighted by Gasteiger charge is -2.32. The number of anilines is 2. The Morgan fingerprint density at radius 2 is 1.79 bits per heavy atom. The van der Waals surface area contributed by atoms with Crippen LogP contribution in [0.25, 0.3) is 0 Å². The maximum absolute atomic E-state index is 12.3. The number of amides is 2. The van der Waals surface area contributed by atoms with Crippen LogP contribution >= 0.6 is 0 Å². The summed E-state index contributed by atoms with van der Waals surface area (Å²) in [5, 5.41) is 2.91. The van der Waals surface area contributed by atoms with Crippen molar-refractivity contribution in [3.8, 4) is 0 Å². The van der Waals surface area contributed by atoms with E-state index in [9.17, 15) is 9.59 Å². The molecule has 0 aromatic heterocycles. The minimum atomic E-state index is -0.119. The van der Waals surface area contributed by atoms with E-state index in [1.165, 1.54) is 18.5 Å². The third-order valence-corrected chi connectivity index (χ3v) is 5.59. The van der Waals surface area contributed by atoms with Gasteiger partial charge in [0.05, 0.1) is 0 Å². The van der Waals surface area contributed by atoms with Gasteiger partial charge in [0.15, 0.2) is 0 Å². The van der Waals surface area contributed by atoms with Crippen molar-refractivity contribution in [2.75, 3.05) is 36.0 Å². The van der Waals surface area contributed by atoms with E-state index < -0.39 is 0 Å². The van der Waals surface area contributed by atoms with Gasteiger partial charge in [-0.25, -0.2) is 0 Å². The molecule has 1 fully saturated rings. The van der Waals surface area contributed by atoms with Crippen molar-refractivity contribution in [3.05, 3.63) is 59.7 Å². The summed E-state index contributed by atoms with van der Waals surface area (Å²) in [6, 6.07) is 15.7. The number of aryl methyl sites for hydroxylation is 1. The predicted molar refractivity (Wildman–Crippen MR) is 119 cm³/mol. The second kappa shape index (κ2) is 9.59. The van der Waals surface area contributed by atoms with Gasteiger partial charge in [-0.2, -0.15) is 0 Å². The summed E-state index contributed by atoms with van der Waals surface area (Å²) in [6.07, 6.45) is 2.45. The molecular formula is C24H31N3O2. The van der Waals surface area contributed by atoms with Gasteiger partial charge in [0.2, 0.25) is 5.91 Å². The van der Waals surface area contributed by atoms with Crippen molar-refractivity contribution in [1.29, 1.82) is 0 Å². The van der Waals surface area contributed by atoms with Crippen molar-refractivity contribution < 1.29 is 9.59 Å². The molecule has 5 heteroatoms. The van der Waals surface area contributed by atoms with E-state index in [4.69, 9.17) is 0 Å². The van der Waals surface area contributed by atoms with Crippen LogP contribution in [0.1, 0.15) is 42.6 Å². The number of hydrogen-bond donors (Lipinski definition) is 1. The molecule has 3 rings (SSSR count). The summed E-state index contributed by atoms with van der Waals surface area (Å²) in [5.74, 6) is 0.648. The first-order chi connectivity index (χ1) is 13.9. The summed E-state index contributed by atoms with van der Waals surface area (Å²) in [6.45, 7) is 8.84. The van der Waals surface area contributed by atoms with E-state index in [1.807, 2.05) is 37.3 Å². The van der Waals surface area contributed by atoms with Gasteiger partial charge in [-0.05, 0) is 62.1 Å². The Kier molecular flexibility index (Phi) is 6.91. The Bertz CT molecular complexity index is 839. The van der Waals surface area contributed by atoms with Gasteiger partial charge in [-0.1, -0.05) is 24.6 Å². The van der Waals surface area contributed by atoms with Gasteiger partial charge in [0.25, 0.3) is 5.91 Å². The second-order valence-electron chi connectivity index (χ2n) is 7.98. The summed E-state index contributed by atoms with van der Waals surface area (Å²) in [7, 11) is 0. The van der Waals surface area contributed by atoms with Gasteiger partial charge >= 0.3 is 0 Å². The SMILES string of the molecule is CC(=O)N(CCNC(=O)c1cccc(C)c1)c1ccc(N2CCC(C)CC2)cc1. The summed E-state index contributed by atoms with van der Waals surface area (Å²) in [5.41, 5.74) is 3.75. The lowest BCUT2D eigenvalue weighted by atomic mass is 9.99. The predicted octanol–water partition coefficient (Wildman–Crippen LogP) is 4.01. The molecule has 5 nitrogen and oxygen atoms in total. The van der Waals surface area contributed by atoms with Crippen LogP contribution in [0.3, 0.4) is 0 Å². The normalized spacial score (nSPS) is 14.5. The molecule has 1 N–H and O–H groups in total. The zero-order chi connectivity index (χ0) is 20.8. The minimum Gasteiger partial charge on any atom is -0.372 e. The number of nitrogens with one attached hydrogen (secondary N) is 1. The first-order valence-electron chi connectivity index (χ1n) is 10.4. The Morgan fingerprint density at radius 3 is 2.41 bits per heavy atom.